The number of rotatable bonds is 3. The Labute approximate surface area is 116 Å². The molecule has 1 fully saturated rings. The van der Waals surface area contributed by atoms with Gasteiger partial charge in [-0.25, -0.2) is 4.39 Å². The Morgan fingerprint density at radius 1 is 1.20 bits per heavy atom. The Kier molecular flexibility index (Phi) is 2.55. The molecule has 0 aliphatic heterocycles. The summed E-state index contributed by atoms with van der Waals surface area (Å²) in [7, 11) is 0. The lowest BCUT2D eigenvalue weighted by molar-refractivity contribution is 0.563. The summed E-state index contributed by atoms with van der Waals surface area (Å²) in [4.78, 5) is 4.32. The number of hydrogen-bond acceptors (Lipinski definition) is 2. The molecule has 0 N–H and O–H groups in total. The van der Waals surface area contributed by atoms with Crippen LogP contribution < -0.4 is 0 Å². The maximum Gasteiger partial charge on any atom is 0.132 e. The van der Waals surface area contributed by atoms with Gasteiger partial charge in [0.2, 0.25) is 0 Å². The number of pyridine rings is 1. The van der Waals surface area contributed by atoms with Crippen molar-refractivity contribution < 1.29 is 4.39 Å². The zero-order valence-electron chi connectivity index (χ0n) is 11.0. The molecule has 1 aromatic carbocycles. The molecule has 0 radical (unpaired) electrons. The second kappa shape index (κ2) is 4.40. The molecule has 0 spiro atoms. The smallest absolute Gasteiger partial charge is 0.132 e. The van der Waals surface area contributed by atoms with Crippen molar-refractivity contribution in [1.29, 1.82) is 0 Å². The van der Waals surface area contributed by atoms with E-state index in [1.54, 1.807) is 12.3 Å². The van der Waals surface area contributed by atoms with Gasteiger partial charge in [0.05, 0.1) is 11.7 Å². The van der Waals surface area contributed by atoms with Gasteiger partial charge in [-0.2, -0.15) is 5.10 Å². The molecule has 3 nitrogen and oxygen atoms in total. The van der Waals surface area contributed by atoms with Crippen LogP contribution in [0.25, 0.3) is 22.0 Å². The maximum atomic E-state index is 13.8. The van der Waals surface area contributed by atoms with E-state index in [1.165, 1.54) is 18.9 Å². The van der Waals surface area contributed by atoms with Gasteiger partial charge < -0.3 is 0 Å². The predicted octanol–water partition coefficient (Wildman–Crippen LogP) is 3.65. The van der Waals surface area contributed by atoms with Gasteiger partial charge in [-0.05, 0) is 37.0 Å². The van der Waals surface area contributed by atoms with Gasteiger partial charge in [-0.15, -0.1) is 0 Å². The fraction of sp³-hybridized carbons (Fsp3) is 0.250. The molecule has 2 heterocycles. The monoisotopic (exact) mass is 267 g/mol. The summed E-state index contributed by atoms with van der Waals surface area (Å²) in [6.07, 6.45) is 8.23. The molecular formula is C16H14FN3. The van der Waals surface area contributed by atoms with Crippen molar-refractivity contribution in [2.75, 3.05) is 0 Å². The van der Waals surface area contributed by atoms with E-state index >= 15 is 0 Å². The summed E-state index contributed by atoms with van der Waals surface area (Å²) < 4.78 is 15.8. The first-order chi connectivity index (χ1) is 9.79. The number of aromatic nitrogens is 3. The van der Waals surface area contributed by atoms with Crippen molar-refractivity contribution in [1.82, 2.24) is 14.8 Å². The molecule has 1 aliphatic rings. The molecule has 2 aromatic heterocycles. The van der Waals surface area contributed by atoms with Crippen LogP contribution in [0, 0.1) is 11.7 Å². The average molecular weight is 267 g/mol. The van der Waals surface area contributed by atoms with Crippen LogP contribution >= 0.6 is 0 Å². The summed E-state index contributed by atoms with van der Waals surface area (Å²) in [5.41, 5.74) is 2.58. The molecule has 4 heteroatoms. The zero-order valence-corrected chi connectivity index (χ0v) is 11.0. The lowest BCUT2D eigenvalue weighted by Gasteiger charge is -2.02. The van der Waals surface area contributed by atoms with E-state index in [4.69, 9.17) is 0 Å². The van der Waals surface area contributed by atoms with Crippen LogP contribution in [0.5, 0.6) is 0 Å². The topological polar surface area (TPSA) is 30.7 Å². The Hall–Kier alpha value is -2.23. The van der Waals surface area contributed by atoms with Gasteiger partial charge in [0.25, 0.3) is 0 Å². The highest BCUT2D eigenvalue weighted by atomic mass is 19.1. The lowest BCUT2D eigenvalue weighted by atomic mass is 10.1. The molecule has 0 atom stereocenters. The van der Waals surface area contributed by atoms with E-state index in [1.807, 2.05) is 29.2 Å². The third-order valence-electron chi connectivity index (χ3n) is 3.78. The molecule has 100 valence electrons. The van der Waals surface area contributed by atoms with E-state index in [2.05, 4.69) is 10.1 Å². The lowest BCUT2D eigenvalue weighted by Crippen LogP contribution is -1.98. The van der Waals surface area contributed by atoms with Crippen LogP contribution in [0.3, 0.4) is 0 Å². The largest absolute Gasteiger partial charge is 0.272 e. The Morgan fingerprint density at radius 3 is 2.95 bits per heavy atom. The van der Waals surface area contributed by atoms with Crippen LogP contribution in [0.2, 0.25) is 0 Å². The van der Waals surface area contributed by atoms with Crippen LogP contribution in [0.4, 0.5) is 4.39 Å². The van der Waals surface area contributed by atoms with Gasteiger partial charge in [0, 0.05) is 35.5 Å². The van der Waals surface area contributed by atoms with Crippen molar-refractivity contribution in [2.24, 2.45) is 5.92 Å². The molecule has 0 saturated heterocycles. The molecule has 4 rings (SSSR count). The third-order valence-corrected chi connectivity index (χ3v) is 3.78. The van der Waals surface area contributed by atoms with E-state index in [9.17, 15) is 4.39 Å². The Balaban J connectivity index is 1.73. The van der Waals surface area contributed by atoms with E-state index in [-0.39, 0.29) is 5.82 Å². The minimum atomic E-state index is -0.234. The SMILES string of the molecule is Fc1cccc2ncc(-c3cnn(CC4CC4)c3)cc12. The fourth-order valence-electron chi connectivity index (χ4n) is 2.45. The van der Waals surface area contributed by atoms with Crippen molar-refractivity contribution in [3.63, 3.8) is 0 Å². The summed E-state index contributed by atoms with van der Waals surface area (Å²) in [5, 5.41) is 4.93. The molecule has 3 aromatic rings. The highest BCUT2D eigenvalue weighted by Gasteiger charge is 2.22. The quantitative estimate of drug-likeness (QED) is 0.725. The molecule has 1 aliphatic carbocycles. The number of hydrogen-bond donors (Lipinski definition) is 0. The van der Waals surface area contributed by atoms with Crippen LogP contribution in [0.1, 0.15) is 12.8 Å². The minimum absolute atomic E-state index is 0.234. The standard InChI is InChI=1S/C16H14FN3/c17-15-2-1-3-16-14(15)6-12(7-18-16)13-8-19-20(10-13)9-11-4-5-11/h1-3,6-8,10-11H,4-5,9H2. The maximum absolute atomic E-state index is 13.8. The number of nitrogens with zero attached hydrogens (tertiary/aromatic N) is 3. The Bertz CT molecular complexity index is 774. The van der Waals surface area contributed by atoms with Crippen molar-refractivity contribution in [3.8, 4) is 11.1 Å². The van der Waals surface area contributed by atoms with Gasteiger partial charge >= 0.3 is 0 Å². The summed E-state index contributed by atoms with van der Waals surface area (Å²) >= 11 is 0. The van der Waals surface area contributed by atoms with Crippen molar-refractivity contribution >= 4 is 10.9 Å². The normalized spacial score (nSPS) is 14.8. The first-order valence-electron chi connectivity index (χ1n) is 6.87. The Morgan fingerprint density at radius 2 is 2.10 bits per heavy atom. The number of halogens is 1. The van der Waals surface area contributed by atoms with Crippen LogP contribution in [0.15, 0.2) is 42.9 Å². The van der Waals surface area contributed by atoms with Gasteiger partial charge in [0.15, 0.2) is 0 Å². The first-order valence-corrected chi connectivity index (χ1v) is 6.87. The fourth-order valence-corrected chi connectivity index (χ4v) is 2.45. The highest BCUT2D eigenvalue weighted by molar-refractivity contribution is 5.83. The minimum Gasteiger partial charge on any atom is -0.272 e. The van der Waals surface area contributed by atoms with E-state index in [0.717, 1.165) is 23.6 Å². The first kappa shape index (κ1) is 11.6. The second-order valence-electron chi connectivity index (χ2n) is 5.42. The van der Waals surface area contributed by atoms with Gasteiger partial charge in [0.1, 0.15) is 5.82 Å². The molecule has 0 bridgehead atoms. The van der Waals surface area contributed by atoms with Crippen LogP contribution in [-0.4, -0.2) is 14.8 Å². The summed E-state index contributed by atoms with van der Waals surface area (Å²) in [5.74, 6) is 0.553. The molecule has 0 amide bonds. The third kappa shape index (κ3) is 2.07. The van der Waals surface area contributed by atoms with E-state index < -0.39 is 0 Å². The van der Waals surface area contributed by atoms with Crippen molar-refractivity contribution in [3.05, 3.63) is 48.7 Å². The molecule has 20 heavy (non-hydrogen) atoms. The van der Waals surface area contributed by atoms with Gasteiger partial charge in [-0.3, -0.25) is 9.67 Å². The summed E-state index contributed by atoms with van der Waals surface area (Å²) in [6, 6.07) is 6.80. The molecule has 1 saturated carbocycles. The van der Waals surface area contributed by atoms with Gasteiger partial charge in [-0.1, -0.05) is 6.07 Å². The van der Waals surface area contributed by atoms with E-state index in [0.29, 0.717) is 10.9 Å². The number of benzene rings is 1. The second-order valence-corrected chi connectivity index (χ2v) is 5.42. The van der Waals surface area contributed by atoms with Crippen molar-refractivity contribution in [2.45, 2.75) is 19.4 Å². The molecular weight excluding hydrogens is 253 g/mol. The number of fused-ring (bicyclic) bond motifs is 1. The van der Waals surface area contributed by atoms with Crippen LogP contribution in [-0.2, 0) is 6.54 Å². The average Bonchev–Trinajstić information content (AvgIpc) is 3.15. The predicted molar refractivity (Wildman–Crippen MR) is 75.6 cm³/mol. The zero-order chi connectivity index (χ0) is 13.5. The highest BCUT2D eigenvalue weighted by Crippen LogP contribution is 2.31. The summed E-state index contributed by atoms with van der Waals surface area (Å²) in [6.45, 7) is 0.982. The molecule has 0 unspecified atom stereocenters.